The van der Waals surface area contributed by atoms with E-state index in [1.165, 1.54) is 5.57 Å². The molecule has 0 bridgehead atoms. The van der Waals surface area contributed by atoms with Crippen LogP contribution < -0.4 is 0 Å². The molecule has 0 atom stereocenters. The van der Waals surface area contributed by atoms with Crippen LogP contribution in [-0.2, 0) is 0 Å². The summed E-state index contributed by atoms with van der Waals surface area (Å²) in [7, 11) is 0. The number of aliphatic hydroxyl groups excluding tert-OH is 2. The standard InChI is InChI=1S/C10H20O2/c1-3-9(4-2)5-6-10(7-11)8-12/h3,10-12H,4-8H2,1-2H3. The molecule has 0 heterocycles. The van der Waals surface area contributed by atoms with E-state index in [-0.39, 0.29) is 19.1 Å². The zero-order chi connectivity index (χ0) is 9.40. The van der Waals surface area contributed by atoms with Crippen LogP contribution in [0.3, 0.4) is 0 Å². The van der Waals surface area contributed by atoms with E-state index in [1.54, 1.807) is 0 Å². The molecule has 0 fully saturated rings. The predicted molar refractivity (Wildman–Crippen MR) is 50.9 cm³/mol. The van der Waals surface area contributed by atoms with Crippen molar-refractivity contribution in [2.75, 3.05) is 13.2 Å². The van der Waals surface area contributed by atoms with Gasteiger partial charge in [-0.25, -0.2) is 0 Å². The highest BCUT2D eigenvalue weighted by Crippen LogP contribution is 2.13. The van der Waals surface area contributed by atoms with Gasteiger partial charge in [-0.3, -0.25) is 0 Å². The van der Waals surface area contributed by atoms with Crippen LogP contribution in [0.2, 0.25) is 0 Å². The highest BCUT2D eigenvalue weighted by atomic mass is 16.3. The van der Waals surface area contributed by atoms with Gasteiger partial charge in [0, 0.05) is 19.1 Å². The number of hydrogen-bond donors (Lipinski definition) is 2. The molecule has 0 unspecified atom stereocenters. The van der Waals surface area contributed by atoms with Crippen molar-refractivity contribution in [1.82, 2.24) is 0 Å². The first-order valence-electron chi connectivity index (χ1n) is 4.64. The van der Waals surface area contributed by atoms with Crippen molar-refractivity contribution >= 4 is 0 Å². The highest BCUT2D eigenvalue weighted by molar-refractivity contribution is 4.99. The highest BCUT2D eigenvalue weighted by Gasteiger charge is 2.05. The molecule has 12 heavy (non-hydrogen) atoms. The Morgan fingerprint density at radius 1 is 1.33 bits per heavy atom. The molecule has 0 aliphatic rings. The zero-order valence-corrected chi connectivity index (χ0v) is 8.08. The molecule has 2 nitrogen and oxygen atoms in total. The van der Waals surface area contributed by atoms with Crippen LogP contribution in [-0.4, -0.2) is 23.4 Å². The monoisotopic (exact) mass is 172 g/mol. The number of hydrogen-bond acceptors (Lipinski definition) is 2. The van der Waals surface area contributed by atoms with Crippen LogP contribution >= 0.6 is 0 Å². The maximum absolute atomic E-state index is 8.80. The summed E-state index contributed by atoms with van der Waals surface area (Å²) in [5.41, 5.74) is 1.40. The van der Waals surface area contributed by atoms with Crippen LogP contribution in [0.1, 0.15) is 33.1 Å². The first-order valence-corrected chi connectivity index (χ1v) is 4.64. The van der Waals surface area contributed by atoms with Gasteiger partial charge in [0.05, 0.1) is 0 Å². The van der Waals surface area contributed by atoms with Crippen LogP contribution in [0, 0.1) is 5.92 Å². The minimum absolute atomic E-state index is 0.0616. The third-order valence-electron chi connectivity index (χ3n) is 2.25. The molecule has 0 aliphatic carbocycles. The lowest BCUT2D eigenvalue weighted by Crippen LogP contribution is -2.10. The topological polar surface area (TPSA) is 40.5 Å². The largest absolute Gasteiger partial charge is 0.396 e. The third-order valence-corrected chi connectivity index (χ3v) is 2.25. The van der Waals surface area contributed by atoms with Gasteiger partial charge in [0.25, 0.3) is 0 Å². The molecule has 0 saturated heterocycles. The minimum Gasteiger partial charge on any atom is -0.396 e. The molecule has 72 valence electrons. The Labute approximate surface area is 74.9 Å². The molecule has 0 aromatic carbocycles. The second kappa shape index (κ2) is 7.32. The molecule has 0 aromatic heterocycles. The molecular formula is C10H20O2. The van der Waals surface area contributed by atoms with Crippen molar-refractivity contribution < 1.29 is 10.2 Å². The van der Waals surface area contributed by atoms with Gasteiger partial charge in [0.1, 0.15) is 0 Å². The quantitative estimate of drug-likeness (QED) is 0.599. The van der Waals surface area contributed by atoms with E-state index in [2.05, 4.69) is 13.0 Å². The fourth-order valence-electron chi connectivity index (χ4n) is 1.16. The van der Waals surface area contributed by atoms with E-state index in [1.807, 2.05) is 6.92 Å². The summed E-state index contributed by atoms with van der Waals surface area (Å²) in [5, 5.41) is 17.6. The van der Waals surface area contributed by atoms with E-state index in [4.69, 9.17) is 10.2 Å². The molecule has 0 radical (unpaired) electrons. The molecule has 2 N–H and O–H groups in total. The fourth-order valence-corrected chi connectivity index (χ4v) is 1.16. The SMILES string of the molecule is CC=C(CC)CCC(CO)CO. The lowest BCUT2D eigenvalue weighted by atomic mass is 9.99. The first kappa shape index (κ1) is 11.7. The molecule has 0 saturated carbocycles. The van der Waals surface area contributed by atoms with Gasteiger partial charge in [0.15, 0.2) is 0 Å². The van der Waals surface area contributed by atoms with Crippen molar-refractivity contribution in [3.05, 3.63) is 11.6 Å². The Hall–Kier alpha value is -0.340. The van der Waals surface area contributed by atoms with E-state index >= 15 is 0 Å². The maximum atomic E-state index is 8.80. The summed E-state index contributed by atoms with van der Waals surface area (Å²) in [6.45, 7) is 4.35. The van der Waals surface area contributed by atoms with Crippen molar-refractivity contribution in [2.24, 2.45) is 5.92 Å². The van der Waals surface area contributed by atoms with Crippen molar-refractivity contribution in [3.8, 4) is 0 Å². The summed E-state index contributed by atoms with van der Waals surface area (Å²) in [5.74, 6) is 0.0616. The number of rotatable bonds is 6. The Morgan fingerprint density at radius 2 is 1.92 bits per heavy atom. The average molecular weight is 172 g/mol. The van der Waals surface area contributed by atoms with Gasteiger partial charge >= 0.3 is 0 Å². The lowest BCUT2D eigenvalue weighted by molar-refractivity contribution is 0.144. The van der Waals surface area contributed by atoms with Gasteiger partial charge in [-0.15, -0.1) is 0 Å². The second-order valence-electron chi connectivity index (χ2n) is 3.07. The van der Waals surface area contributed by atoms with E-state index in [9.17, 15) is 0 Å². The van der Waals surface area contributed by atoms with Crippen molar-refractivity contribution in [1.29, 1.82) is 0 Å². The Kier molecular flexibility index (Phi) is 7.11. The van der Waals surface area contributed by atoms with Gasteiger partial charge in [-0.1, -0.05) is 18.6 Å². The van der Waals surface area contributed by atoms with Crippen LogP contribution in [0.25, 0.3) is 0 Å². The van der Waals surface area contributed by atoms with E-state index in [0.29, 0.717) is 0 Å². The predicted octanol–water partition coefficient (Wildman–Crippen LogP) is 1.72. The average Bonchev–Trinajstić information content (AvgIpc) is 2.13. The molecule has 0 rings (SSSR count). The van der Waals surface area contributed by atoms with Crippen molar-refractivity contribution in [2.45, 2.75) is 33.1 Å². The Morgan fingerprint density at radius 3 is 2.25 bits per heavy atom. The molecule has 2 heteroatoms. The minimum atomic E-state index is 0.0616. The number of aliphatic hydroxyl groups is 2. The molecule has 0 amide bonds. The van der Waals surface area contributed by atoms with Gasteiger partial charge < -0.3 is 10.2 Å². The first-order chi connectivity index (χ1) is 5.78. The smallest absolute Gasteiger partial charge is 0.0481 e. The van der Waals surface area contributed by atoms with Gasteiger partial charge in [-0.05, 0) is 26.2 Å². The van der Waals surface area contributed by atoms with Crippen LogP contribution in [0.4, 0.5) is 0 Å². The molecular weight excluding hydrogens is 152 g/mol. The third kappa shape index (κ3) is 4.52. The summed E-state index contributed by atoms with van der Waals surface area (Å²) in [6, 6.07) is 0. The van der Waals surface area contributed by atoms with Crippen LogP contribution in [0.5, 0.6) is 0 Å². The van der Waals surface area contributed by atoms with Gasteiger partial charge in [-0.2, -0.15) is 0 Å². The van der Waals surface area contributed by atoms with Crippen molar-refractivity contribution in [3.63, 3.8) is 0 Å². The summed E-state index contributed by atoms with van der Waals surface area (Å²) in [4.78, 5) is 0. The summed E-state index contributed by atoms with van der Waals surface area (Å²) in [6.07, 6.45) is 5.07. The zero-order valence-electron chi connectivity index (χ0n) is 8.08. The fraction of sp³-hybridized carbons (Fsp3) is 0.800. The number of allylic oxidation sites excluding steroid dienone is 2. The normalized spacial score (nSPS) is 12.6. The van der Waals surface area contributed by atoms with E-state index in [0.717, 1.165) is 19.3 Å². The Bertz CT molecular complexity index is 126. The van der Waals surface area contributed by atoms with E-state index < -0.39 is 0 Å². The molecule has 0 spiro atoms. The second-order valence-corrected chi connectivity index (χ2v) is 3.07. The molecule has 0 aliphatic heterocycles. The maximum Gasteiger partial charge on any atom is 0.0481 e. The molecule has 0 aromatic rings. The summed E-state index contributed by atoms with van der Waals surface area (Å²) >= 11 is 0. The summed E-state index contributed by atoms with van der Waals surface area (Å²) < 4.78 is 0. The lowest BCUT2D eigenvalue weighted by Gasteiger charge is -2.11. The van der Waals surface area contributed by atoms with Gasteiger partial charge in [0.2, 0.25) is 0 Å². The Balaban J connectivity index is 3.64. The van der Waals surface area contributed by atoms with Crippen LogP contribution in [0.15, 0.2) is 11.6 Å².